The van der Waals surface area contributed by atoms with Crippen molar-refractivity contribution in [3.63, 3.8) is 0 Å². The van der Waals surface area contributed by atoms with Crippen molar-refractivity contribution >= 4 is 17.7 Å². The Hall–Kier alpha value is -1.00. The summed E-state index contributed by atoms with van der Waals surface area (Å²) in [4.78, 5) is 15.7. The Labute approximate surface area is 126 Å². The van der Waals surface area contributed by atoms with Crippen LogP contribution >= 0.6 is 11.8 Å². The first kappa shape index (κ1) is 17.1. The van der Waals surface area contributed by atoms with E-state index in [-0.39, 0.29) is 5.91 Å². The molecule has 20 heavy (non-hydrogen) atoms. The zero-order valence-electron chi connectivity index (χ0n) is 13.0. The molecule has 0 aliphatic heterocycles. The second-order valence-electron chi connectivity index (χ2n) is 5.20. The lowest BCUT2D eigenvalue weighted by molar-refractivity contribution is -0.141. The molecule has 1 rings (SSSR count). The summed E-state index contributed by atoms with van der Waals surface area (Å²) in [6, 6.07) is 8.34. The SMILES string of the molecule is CCC(CC)(CN)C(=O)N(C)Cc1ccc(SC)cc1. The minimum Gasteiger partial charge on any atom is -0.341 e. The molecule has 0 saturated heterocycles. The van der Waals surface area contributed by atoms with E-state index in [1.807, 2.05) is 20.9 Å². The average molecular weight is 294 g/mol. The summed E-state index contributed by atoms with van der Waals surface area (Å²) in [5.74, 6) is 0.152. The van der Waals surface area contributed by atoms with Gasteiger partial charge in [0.05, 0.1) is 5.41 Å². The molecule has 0 atom stereocenters. The quantitative estimate of drug-likeness (QED) is 0.786. The van der Waals surface area contributed by atoms with Gasteiger partial charge in [0.1, 0.15) is 0 Å². The van der Waals surface area contributed by atoms with E-state index in [4.69, 9.17) is 5.73 Å². The van der Waals surface area contributed by atoms with Gasteiger partial charge in [0.15, 0.2) is 0 Å². The van der Waals surface area contributed by atoms with Gasteiger partial charge in [0, 0.05) is 25.0 Å². The molecule has 112 valence electrons. The van der Waals surface area contributed by atoms with Gasteiger partial charge in [-0.25, -0.2) is 0 Å². The highest BCUT2D eigenvalue weighted by atomic mass is 32.2. The van der Waals surface area contributed by atoms with Gasteiger partial charge in [-0.2, -0.15) is 0 Å². The Kier molecular flexibility index (Phi) is 6.56. The van der Waals surface area contributed by atoms with Crippen molar-refractivity contribution in [1.82, 2.24) is 4.90 Å². The van der Waals surface area contributed by atoms with Crippen molar-refractivity contribution in [1.29, 1.82) is 0 Å². The van der Waals surface area contributed by atoms with E-state index in [2.05, 4.69) is 30.5 Å². The Balaban J connectivity index is 2.78. The molecule has 1 amide bonds. The van der Waals surface area contributed by atoms with Crippen molar-refractivity contribution in [2.45, 2.75) is 38.1 Å². The Bertz CT molecular complexity index is 418. The third-order valence-corrected chi connectivity index (χ3v) is 4.87. The molecule has 0 spiro atoms. The average Bonchev–Trinajstić information content (AvgIpc) is 2.50. The number of carbonyl (C=O) groups is 1. The highest BCUT2D eigenvalue weighted by Gasteiger charge is 2.35. The number of nitrogens with zero attached hydrogens (tertiary/aromatic N) is 1. The molecule has 1 aromatic carbocycles. The summed E-state index contributed by atoms with van der Waals surface area (Å²) in [5, 5.41) is 0. The van der Waals surface area contributed by atoms with Crippen LogP contribution in [0.25, 0.3) is 0 Å². The third kappa shape index (κ3) is 3.76. The van der Waals surface area contributed by atoms with Crippen LogP contribution in [0.2, 0.25) is 0 Å². The Morgan fingerprint density at radius 2 is 1.80 bits per heavy atom. The van der Waals surface area contributed by atoms with Crippen LogP contribution in [0, 0.1) is 5.41 Å². The maximum atomic E-state index is 12.6. The van der Waals surface area contributed by atoms with Gasteiger partial charge >= 0.3 is 0 Å². The largest absolute Gasteiger partial charge is 0.341 e. The van der Waals surface area contributed by atoms with Gasteiger partial charge in [-0.1, -0.05) is 26.0 Å². The number of amides is 1. The maximum absolute atomic E-state index is 12.6. The van der Waals surface area contributed by atoms with Crippen molar-refractivity contribution in [3.05, 3.63) is 29.8 Å². The van der Waals surface area contributed by atoms with Crippen molar-refractivity contribution in [2.24, 2.45) is 11.1 Å². The zero-order valence-corrected chi connectivity index (χ0v) is 13.8. The maximum Gasteiger partial charge on any atom is 0.230 e. The zero-order chi connectivity index (χ0) is 15.2. The first-order chi connectivity index (χ1) is 9.52. The summed E-state index contributed by atoms with van der Waals surface area (Å²) < 4.78 is 0. The number of benzene rings is 1. The second-order valence-corrected chi connectivity index (χ2v) is 6.08. The normalized spacial score (nSPS) is 11.4. The predicted octanol–water partition coefficient (Wildman–Crippen LogP) is 3.13. The van der Waals surface area contributed by atoms with Crippen LogP contribution in [0.1, 0.15) is 32.3 Å². The summed E-state index contributed by atoms with van der Waals surface area (Å²) in [7, 11) is 1.86. The molecule has 0 aromatic heterocycles. The number of hydrogen-bond acceptors (Lipinski definition) is 3. The summed E-state index contributed by atoms with van der Waals surface area (Å²) in [5.41, 5.74) is 6.59. The van der Waals surface area contributed by atoms with Gasteiger partial charge in [-0.05, 0) is 36.8 Å². The number of nitrogens with two attached hydrogens (primary N) is 1. The molecule has 0 fully saturated rings. The Morgan fingerprint density at radius 3 is 2.20 bits per heavy atom. The molecule has 0 aliphatic carbocycles. The van der Waals surface area contributed by atoms with Gasteiger partial charge in [-0.3, -0.25) is 4.79 Å². The molecule has 0 bridgehead atoms. The monoisotopic (exact) mass is 294 g/mol. The predicted molar refractivity (Wildman–Crippen MR) is 86.8 cm³/mol. The highest BCUT2D eigenvalue weighted by molar-refractivity contribution is 7.98. The van der Waals surface area contributed by atoms with Gasteiger partial charge in [-0.15, -0.1) is 11.8 Å². The number of hydrogen-bond donors (Lipinski definition) is 1. The fourth-order valence-corrected chi connectivity index (χ4v) is 2.82. The molecule has 2 N–H and O–H groups in total. The minimum absolute atomic E-state index is 0.152. The molecular formula is C16H26N2OS. The lowest BCUT2D eigenvalue weighted by Gasteiger charge is -2.33. The van der Waals surface area contributed by atoms with E-state index < -0.39 is 5.41 Å². The first-order valence-electron chi connectivity index (χ1n) is 7.11. The van der Waals surface area contributed by atoms with Gasteiger partial charge in [0.25, 0.3) is 0 Å². The number of carbonyl (C=O) groups excluding carboxylic acids is 1. The van der Waals surface area contributed by atoms with E-state index in [1.165, 1.54) is 4.90 Å². The fourth-order valence-electron chi connectivity index (χ4n) is 2.41. The summed E-state index contributed by atoms with van der Waals surface area (Å²) in [6.45, 7) is 5.12. The van der Waals surface area contributed by atoms with Gasteiger partial charge < -0.3 is 10.6 Å². The van der Waals surface area contributed by atoms with Crippen LogP contribution < -0.4 is 5.73 Å². The number of rotatable bonds is 7. The van der Waals surface area contributed by atoms with Crippen LogP contribution in [-0.2, 0) is 11.3 Å². The molecule has 0 saturated carbocycles. The highest BCUT2D eigenvalue weighted by Crippen LogP contribution is 2.28. The molecule has 0 heterocycles. The third-order valence-electron chi connectivity index (χ3n) is 4.12. The van der Waals surface area contributed by atoms with E-state index in [1.54, 1.807) is 16.7 Å². The van der Waals surface area contributed by atoms with Crippen LogP contribution in [0.15, 0.2) is 29.2 Å². The smallest absolute Gasteiger partial charge is 0.230 e. The molecule has 0 radical (unpaired) electrons. The fraction of sp³-hybridized carbons (Fsp3) is 0.562. The molecule has 0 unspecified atom stereocenters. The molecule has 0 aliphatic rings. The Morgan fingerprint density at radius 1 is 1.25 bits per heavy atom. The van der Waals surface area contributed by atoms with E-state index in [9.17, 15) is 4.79 Å². The first-order valence-corrected chi connectivity index (χ1v) is 8.34. The molecule has 1 aromatic rings. The standard InChI is InChI=1S/C16H26N2OS/c1-5-16(6-2,12-17)15(19)18(3)11-13-7-9-14(20-4)10-8-13/h7-10H,5-6,11-12,17H2,1-4H3. The molecule has 3 nitrogen and oxygen atoms in total. The van der Waals surface area contributed by atoms with E-state index in [0.29, 0.717) is 13.1 Å². The van der Waals surface area contributed by atoms with Gasteiger partial charge in [0.2, 0.25) is 5.91 Å². The molecule has 4 heteroatoms. The van der Waals surface area contributed by atoms with E-state index >= 15 is 0 Å². The van der Waals surface area contributed by atoms with E-state index in [0.717, 1.165) is 18.4 Å². The van der Waals surface area contributed by atoms with Crippen molar-refractivity contribution < 1.29 is 4.79 Å². The minimum atomic E-state index is -0.409. The topological polar surface area (TPSA) is 46.3 Å². The lowest BCUT2D eigenvalue weighted by atomic mass is 9.81. The molecular weight excluding hydrogens is 268 g/mol. The summed E-state index contributed by atoms with van der Waals surface area (Å²) in [6.07, 6.45) is 3.63. The van der Waals surface area contributed by atoms with Crippen LogP contribution in [0.4, 0.5) is 0 Å². The van der Waals surface area contributed by atoms with Crippen LogP contribution in [-0.4, -0.2) is 30.7 Å². The van der Waals surface area contributed by atoms with Crippen LogP contribution in [0.5, 0.6) is 0 Å². The van der Waals surface area contributed by atoms with Crippen molar-refractivity contribution in [3.8, 4) is 0 Å². The van der Waals surface area contributed by atoms with Crippen LogP contribution in [0.3, 0.4) is 0 Å². The summed E-state index contributed by atoms with van der Waals surface area (Å²) >= 11 is 1.72. The lowest BCUT2D eigenvalue weighted by Crippen LogP contribution is -2.45. The number of thioether (sulfide) groups is 1. The second kappa shape index (κ2) is 7.70. The van der Waals surface area contributed by atoms with Crippen molar-refractivity contribution in [2.75, 3.05) is 19.8 Å².